The van der Waals surface area contributed by atoms with Crippen LogP contribution in [-0.4, -0.2) is 29.0 Å². The van der Waals surface area contributed by atoms with E-state index >= 15 is 0 Å². The van der Waals surface area contributed by atoms with E-state index in [-0.39, 0.29) is 18.2 Å². The van der Waals surface area contributed by atoms with Crippen LogP contribution in [-0.2, 0) is 0 Å². The third-order valence-electron chi connectivity index (χ3n) is 2.48. The molecule has 0 aliphatic carbocycles. The fourth-order valence-electron chi connectivity index (χ4n) is 1.67. The number of carbonyl (C=O) groups is 1. The number of aromatic hydroxyl groups is 1. The van der Waals surface area contributed by atoms with Crippen molar-refractivity contribution in [3.05, 3.63) is 29.3 Å². The van der Waals surface area contributed by atoms with Crippen LogP contribution in [0.1, 0.15) is 29.3 Å². The fourth-order valence-corrected chi connectivity index (χ4v) is 1.67. The molecule has 0 saturated heterocycles. The molecule has 1 aromatic rings. The molecule has 0 aromatic heterocycles. The predicted octanol–water partition coefficient (Wildman–Crippen LogP) is 2.08. The standard InChI is InChI=1S/C13H16N2O2/c1-3-7-15(8-6-14)13(17)12-5-4-11(16)9-10(12)2/h4-5,9,16H,3,7-8H2,1-2H3. The maximum Gasteiger partial charge on any atom is 0.254 e. The van der Waals surface area contributed by atoms with Crippen molar-refractivity contribution in [2.24, 2.45) is 0 Å². The third kappa shape index (κ3) is 3.22. The van der Waals surface area contributed by atoms with Gasteiger partial charge in [-0.25, -0.2) is 0 Å². The van der Waals surface area contributed by atoms with Crippen molar-refractivity contribution in [2.45, 2.75) is 20.3 Å². The lowest BCUT2D eigenvalue weighted by Gasteiger charge is -2.19. The van der Waals surface area contributed by atoms with Gasteiger partial charge in [-0.15, -0.1) is 0 Å². The van der Waals surface area contributed by atoms with Crippen molar-refractivity contribution >= 4 is 5.91 Å². The molecule has 90 valence electrons. The van der Waals surface area contributed by atoms with E-state index in [0.29, 0.717) is 17.7 Å². The highest BCUT2D eigenvalue weighted by Crippen LogP contribution is 2.17. The summed E-state index contributed by atoms with van der Waals surface area (Å²) in [5.74, 6) is -0.0210. The summed E-state index contributed by atoms with van der Waals surface area (Å²) in [6.45, 7) is 4.38. The Hall–Kier alpha value is -2.02. The monoisotopic (exact) mass is 232 g/mol. The highest BCUT2D eigenvalue weighted by molar-refractivity contribution is 5.95. The molecule has 1 aromatic carbocycles. The minimum atomic E-state index is -0.161. The maximum absolute atomic E-state index is 12.2. The molecule has 0 atom stereocenters. The fraction of sp³-hybridized carbons (Fsp3) is 0.385. The van der Waals surface area contributed by atoms with Crippen LogP contribution in [0.4, 0.5) is 0 Å². The van der Waals surface area contributed by atoms with E-state index in [2.05, 4.69) is 0 Å². The van der Waals surface area contributed by atoms with E-state index in [1.54, 1.807) is 19.1 Å². The Balaban J connectivity index is 2.97. The SMILES string of the molecule is CCCN(CC#N)C(=O)c1ccc(O)cc1C. The van der Waals surface area contributed by atoms with Gasteiger partial charge < -0.3 is 10.0 Å². The van der Waals surface area contributed by atoms with Gasteiger partial charge in [-0.05, 0) is 37.1 Å². The number of amides is 1. The Morgan fingerprint density at radius 3 is 2.76 bits per heavy atom. The largest absolute Gasteiger partial charge is 0.508 e. The first-order valence-electron chi connectivity index (χ1n) is 5.56. The first-order valence-corrected chi connectivity index (χ1v) is 5.56. The van der Waals surface area contributed by atoms with Crippen molar-refractivity contribution in [3.63, 3.8) is 0 Å². The average Bonchev–Trinajstić information content (AvgIpc) is 2.28. The van der Waals surface area contributed by atoms with Crippen LogP contribution < -0.4 is 0 Å². The van der Waals surface area contributed by atoms with Crippen molar-refractivity contribution in [2.75, 3.05) is 13.1 Å². The normalized spacial score (nSPS) is 9.71. The number of nitriles is 1. The van der Waals surface area contributed by atoms with E-state index in [9.17, 15) is 9.90 Å². The number of benzene rings is 1. The molecule has 0 radical (unpaired) electrons. The Labute approximate surface area is 101 Å². The lowest BCUT2D eigenvalue weighted by molar-refractivity contribution is 0.0775. The quantitative estimate of drug-likeness (QED) is 0.808. The van der Waals surface area contributed by atoms with Crippen LogP contribution in [0.15, 0.2) is 18.2 Å². The lowest BCUT2D eigenvalue weighted by atomic mass is 10.1. The number of rotatable bonds is 4. The molecule has 0 aliphatic heterocycles. The molecule has 4 nitrogen and oxygen atoms in total. The summed E-state index contributed by atoms with van der Waals surface area (Å²) in [4.78, 5) is 13.7. The van der Waals surface area contributed by atoms with E-state index in [1.165, 1.54) is 11.0 Å². The van der Waals surface area contributed by atoms with Crippen LogP contribution in [0.3, 0.4) is 0 Å². The van der Waals surface area contributed by atoms with Gasteiger partial charge in [0.15, 0.2) is 0 Å². The molecule has 0 saturated carbocycles. The summed E-state index contributed by atoms with van der Waals surface area (Å²) in [6.07, 6.45) is 0.810. The number of carbonyl (C=O) groups excluding carboxylic acids is 1. The van der Waals surface area contributed by atoms with Crippen LogP contribution in [0.2, 0.25) is 0 Å². The Bertz CT molecular complexity index is 449. The molecule has 0 bridgehead atoms. The van der Waals surface area contributed by atoms with Crippen LogP contribution in [0, 0.1) is 18.3 Å². The molecule has 1 rings (SSSR count). The number of aryl methyl sites for hydroxylation is 1. The van der Waals surface area contributed by atoms with E-state index in [1.807, 2.05) is 13.0 Å². The number of phenols is 1. The van der Waals surface area contributed by atoms with Gasteiger partial charge in [-0.1, -0.05) is 6.92 Å². The highest BCUT2D eigenvalue weighted by Gasteiger charge is 2.16. The van der Waals surface area contributed by atoms with Crippen molar-refractivity contribution in [1.82, 2.24) is 4.90 Å². The van der Waals surface area contributed by atoms with Crippen molar-refractivity contribution in [3.8, 4) is 11.8 Å². The molecule has 17 heavy (non-hydrogen) atoms. The maximum atomic E-state index is 12.2. The Morgan fingerprint density at radius 1 is 1.53 bits per heavy atom. The van der Waals surface area contributed by atoms with Gasteiger partial charge in [-0.3, -0.25) is 4.79 Å². The van der Waals surface area contributed by atoms with Crippen LogP contribution >= 0.6 is 0 Å². The summed E-state index contributed by atoms with van der Waals surface area (Å²) in [7, 11) is 0. The topological polar surface area (TPSA) is 64.3 Å². The molecule has 0 unspecified atom stereocenters. The lowest BCUT2D eigenvalue weighted by Crippen LogP contribution is -2.32. The zero-order valence-electron chi connectivity index (χ0n) is 10.1. The van der Waals surface area contributed by atoms with Crippen LogP contribution in [0.5, 0.6) is 5.75 Å². The first kappa shape index (κ1) is 13.0. The van der Waals surface area contributed by atoms with Gasteiger partial charge in [0.25, 0.3) is 5.91 Å². The minimum absolute atomic E-state index is 0.0903. The summed E-state index contributed by atoms with van der Waals surface area (Å²) >= 11 is 0. The Morgan fingerprint density at radius 2 is 2.24 bits per heavy atom. The summed E-state index contributed by atoms with van der Waals surface area (Å²) < 4.78 is 0. The molecule has 1 N–H and O–H groups in total. The average molecular weight is 232 g/mol. The second-order valence-electron chi connectivity index (χ2n) is 3.88. The van der Waals surface area contributed by atoms with Gasteiger partial charge in [0.2, 0.25) is 0 Å². The predicted molar refractivity (Wildman–Crippen MR) is 64.7 cm³/mol. The molecular weight excluding hydrogens is 216 g/mol. The van der Waals surface area contributed by atoms with E-state index < -0.39 is 0 Å². The van der Waals surface area contributed by atoms with E-state index in [4.69, 9.17) is 5.26 Å². The van der Waals surface area contributed by atoms with E-state index in [0.717, 1.165) is 6.42 Å². The summed E-state index contributed by atoms with van der Waals surface area (Å²) in [5, 5.41) is 18.0. The smallest absolute Gasteiger partial charge is 0.254 e. The third-order valence-corrected chi connectivity index (χ3v) is 2.48. The minimum Gasteiger partial charge on any atom is -0.508 e. The van der Waals surface area contributed by atoms with Crippen molar-refractivity contribution < 1.29 is 9.90 Å². The molecule has 0 heterocycles. The van der Waals surface area contributed by atoms with Gasteiger partial charge in [0.1, 0.15) is 12.3 Å². The van der Waals surface area contributed by atoms with Gasteiger partial charge >= 0.3 is 0 Å². The Kier molecular flexibility index (Phi) is 4.53. The molecule has 1 amide bonds. The molecule has 0 aliphatic rings. The second-order valence-corrected chi connectivity index (χ2v) is 3.88. The number of nitrogens with zero attached hydrogens (tertiary/aromatic N) is 2. The zero-order valence-corrected chi connectivity index (χ0v) is 10.1. The first-order chi connectivity index (χ1) is 8.10. The molecule has 0 fully saturated rings. The molecule has 4 heteroatoms. The van der Waals surface area contributed by atoms with Gasteiger partial charge in [0, 0.05) is 12.1 Å². The van der Waals surface area contributed by atoms with Gasteiger partial charge in [0.05, 0.1) is 6.07 Å². The summed E-state index contributed by atoms with van der Waals surface area (Å²) in [6, 6.07) is 6.61. The molecule has 0 spiro atoms. The highest BCUT2D eigenvalue weighted by atomic mass is 16.3. The number of hydrogen-bond acceptors (Lipinski definition) is 3. The van der Waals surface area contributed by atoms with Crippen LogP contribution in [0.25, 0.3) is 0 Å². The zero-order chi connectivity index (χ0) is 12.8. The molecular formula is C13H16N2O2. The summed E-state index contributed by atoms with van der Waals surface area (Å²) in [5.41, 5.74) is 1.25. The van der Waals surface area contributed by atoms with Gasteiger partial charge in [-0.2, -0.15) is 5.26 Å². The van der Waals surface area contributed by atoms with Crippen molar-refractivity contribution in [1.29, 1.82) is 5.26 Å². The second kappa shape index (κ2) is 5.90. The number of hydrogen-bond donors (Lipinski definition) is 1. The number of phenolic OH excluding ortho intramolecular Hbond substituents is 1.